The van der Waals surface area contributed by atoms with Crippen LogP contribution in [0.4, 0.5) is 0 Å². The standard InChI is InChI=1S/C22H22N2O3S/c23-15-22(25)20-11-13-21(14-12-20)28(26,27)24(16-18-7-3-1-4-8-18)17-19-9-5-2-6-10-19/h1-14H,15-17,23H2. The quantitative estimate of drug-likeness (QED) is 0.595. The highest BCUT2D eigenvalue weighted by Crippen LogP contribution is 2.22. The Morgan fingerprint density at radius 2 is 1.21 bits per heavy atom. The number of sulfonamides is 1. The molecule has 0 unspecified atom stereocenters. The van der Waals surface area contributed by atoms with E-state index in [4.69, 9.17) is 5.73 Å². The first-order valence-corrected chi connectivity index (χ1v) is 10.4. The summed E-state index contributed by atoms with van der Waals surface area (Å²) in [6.07, 6.45) is 0. The Labute approximate surface area is 165 Å². The number of hydrogen-bond acceptors (Lipinski definition) is 4. The maximum atomic E-state index is 13.3. The number of carbonyl (C=O) groups excluding carboxylic acids is 1. The Bertz CT molecular complexity index is 977. The molecule has 28 heavy (non-hydrogen) atoms. The highest BCUT2D eigenvalue weighted by atomic mass is 32.2. The summed E-state index contributed by atoms with van der Waals surface area (Å²) >= 11 is 0. The van der Waals surface area contributed by atoms with Gasteiger partial charge in [0.25, 0.3) is 0 Å². The summed E-state index contributed by atoms with van der Waals surface area (Å²) < 4.78 is 28.1. The van der Waals surface area contributed by atoms with Gasteiger partial charge in [-0.2, -0.15) is 4.31 Å². The number of nitrogens with zero attached hydrogens (tertiary/aromatic N) is 1. The van der Waals surface area contributed by atoms with E-state index in [9.17, 15) is 13.2 Å². The SMILES string of the molecule is NCC(=O)c1ccc(S(=O)(=O)N(Cc2ccccc2)Cc2ccccc2)cc1. The van der Waals surface area contributed by atoms with Gasteiger partial charge in [0, 0.05) is 18.7 Å². The lowest BCUT2D eigenvalue weighted by Gasteiger charge is -2.23. The summed E-state index contributed by atoms with van der Waals surface area (Å²) in [5.74, 6) is -0.227. The highest BCUT2D eigenvalue weighted by Gasteiger charge is 2.25. The normalized spacial score (nSPS) is 11.5. The topological polar surface area (TPSA) is 80.5 Å². The molecular formula is C22H22N2O3S. The Hall–Kier alpha value is -2.80. The molecule has 5 nitrogen and oxygen atoms in total. The fourth-order valence-electron chi connectivity index (χ4n) is 2.88. The number of rotatable bonds is 8. The molecule has 0 saturated heterocycles. The molecule has 0 amide bonds. The van der Waals surface area contributed by atoms with Crippen molar-refractivity contribution >= 4 is 15.8 Å². The lowest BCUT2D eigenvalue weighted by Crippen LogP contribution is -2.30. The average molecular weight is 394 g/mol. The van der Waals surface area contributed by atoms with Crippen molar-refractivity contribution < 1.29 is 13.2 Å². The van der Waals surface area contributed by atoms with Crippen molar-refractivity contribution in [3.05, 3.63) is 102 Å². The van der Waals surface area contributed by atoms with Crippen LogP contribution in [0.1, 0.15) is 21.5 Å². The van der Waals surface area contributed by atoms with Crippen LogP contribution in [0.2, 0.25) is 0 Å². The minimum atomic E-state index is -3.76. The number of benzene rings is 3. The van der Waals surface area contributed by atoms with Crippen LogP contribution in [0.25, 0.3) is 0 Å². The van der Waals surface area contributed by atoms with Crippen LogP contribution in [0, 0.1) is 0 Å². The molecule has 3 aromatic carbocycles. The van der Waals surface area contributed by atoms with Gasteiger partial charge in [0.1, 0.15) is 0 Å². The second kappa shape index (κ2) is 8.93. The smallest absolute Gasteiger partial charge is 0.243 e. The van der Waals surface area contributed by atoms with Gasteiger partial charge in [0.15, 0.2) is 5.78 Å². The lowest BCUT2D eigenvalue weighted by molar-refractivity contribution is 0.100. The van der Waals surface area contributed by atoms with Crippen LogP contribution >= 0.6 is 0 Å². The molecule has 3 aromatic rings. The van der Waals surface area contributed by atoms with Crippen molar-refractivity contribution in [2.45, 2.75) is 18.0 Å². The van der Waals surface area contributed by atoms with Crippen LogP contribution in [-0.2, 0) is 23.1 Å². The van der Waals surface area contributed by atoms with Crippen molar-refractivity contribution in [1.82, 2.24) is 4.31 Å². The predicted molar refractivity (Wildman–Crippen MR) is 109 cm³/mol. The molecule has 0 aliphatic carbocycles. The van der Waals surface area contributed by atoms with E-state index in [0.29, 0.717) is 5.56 Å². The van der Waals surface area contributed by atoms with Gasteiger partial charge in [-0.05, 0) is 23.3 Å². The first-order chi connectivity index (χ1) is 13.5. The van der Waals surface area contributed by atoms with Crippen molar-refractivity contribution in [1.29, 1.82) is 0 Å². The fraction of sp³-hybridized carbons (Fsp3) is 0.136. The molecule has 0 bridgehead atoms. The monoisotopic (exact) mass is 394 g/mol. The van der Waals surface area contributed by atoms with Crippen LogP contribution in [0.3, 0.4) is 0 Å². The van der Waals surface area contributed by atoms with Gasteiger partial charge in [0.2, 0.25) is 10.0 Å². The fourth-order valence-corrected chi connectivity index (χ4v) is 4.30. The molecule has 0 spiro atoms. The number of Topliss-reactive ketones (excluding diaryl/α,β-unsaturated/α-hetero) is 1. The minimum absolute atomic E-state index is 0.111. The molecule has 0 saturated carbocycles. The van der Waals surface area contributed by atoms with E-state index in [1.807, 2.05) is 60.7 Å². The average Bonchev–Trinajstić information content (AvgIpc) is 2.74. The van der Waals surface area contributed by atoms with Crippen LogP contribution < -0.4 is 5.73 Å². The number of ketones is 1. The predicted octanol–water partition coefficient (Wildman–Crippen LogP) is 3.22. The Morgan fingerprint density at radius 3 is 1.64 bits per heavy atom. The van der Waals surface area contributed by atoms with Gasteiger partial charge >= 0.3 is 0 Å². The second-order valence-corrected chi connectivity index (χ2v) is 8.33. The van der Waals surface area contributed by atoms with Gasteiger partial charge in [-0.25, -0.2) is 8.42 Å². The number of hydrogen-bond donors (Lipinski definition) is 1. The van der Waals surface area contributed by atoms with E-state index in [1.165, 1.54) is 28.6 Å². The molecule has 0 heterocycles. The van der Waals surface area contributed by atoms with Crippen LogP contribution in [0.5, 0.6) is 0 Å². The van der Waals surface area contributed by atoms with E-state index in [0.717, 1.165) is 11.1 Å². The first-order valence-electron chi connectivity index (χ1n) is 8.92. The van der Waals surface area contributed by atoms with E-state index in [-0.39, 0.29) is 30.3 Å². The van der Waals surface area contributed by atoms with Gasteiger partial charge in [0.05, 0.1) is 11.4 Å². The third-order valence-electron chi connectivity index (χ3n) is 4.40. The van der Waals surface area contributed by atoms with E-state index < -0.39 is 10.0 Å². The van der Waals surface area contributed by atoms with Crippen molar-refractivity contribution in [2.75, 3.05) is 6.54 Å². The molecule has 0 fully saturated rings. The molecule has 0 aliphatic heterocycles. The Balaban J connectivity index is 1.94. The summed E-state index contributed by atoms with van der Waals surface area (Å²) in [5.41, 5.74) is 7.57. The maximum Gasteiger partial charge on any atom is 0.243 e. The van der Waals surface area contributed by atoms with Gasteiger partial charge in [-0.3, -0.25) is 4.79 Å². The zero-order chi connectivity index (χ0) is 20.0. The lowest BCUT2D eigenvalue weighted by atomic mass is 10.1. The van der Waals surface area contributed by atoms with E-state index in [1.54, 1.807) is 0 Å². The molecular weight excluding hydrogens is 372 g/mol. The molecule has 6 heteroatoms. The maximum absolute atomic E-state index is 13.3. The third-order valence-corrected chi connectivity index (χ3v) is 6.21. The minimum Gasteiger partial charge on any atom is -0.324 e. The first kappa shape index (κ1) is 19.9. The molecule has 0 aliphatic rings. The second-order valence-electron chi connectivity index (χ2n) is 6.40. The Morgan fingerprint density at radius 1 is 0.750 bits per heavy atom. The van der Waals surface area contributed by atoms with Crippen LogP contribution in [0.15, 0.2) is 89.8 Å². The van der Waals surface area contributed by atoms with Crippen molar-refractivity contribution in [2.24, 2.45) is 5.73 Å². The molecule has 0 radical (unpaired) electrons. The van der Waals surface area contributed by atoms with Gasteiger partial charge < -0.3 is 5.73 Å². The van der Waals surface area contributed by atoms with E-state index >= 15 is 0 Å². The van der Waals surface area contributed by atoms with Crippen molar-refractivity contribution in [3.63, 3.8) is 0 Å². The molecule has 0 atom stereocenters. The Kier molecular flexibility index (Phi) is 6.36. The summed E-state index contributed by atoms with van der Waals surface area (Å²) in [4.78, 5) is 11.9. The molecule has 144 valence electrons. The molecule has 3 rings (SSSR count). The summed E-state index contributed by atoms with van der Waals surface area (Å²) in [7, 11) is -3.76. The molecule has 0 aromatic heterocycles. The largest absolute Gasteiger partial charge is 0.324 e. The number of carbonyl (C=O) groups is 1. The van der Waals surface area contributed by atoms with E-state index in [2.05, 4.69) is 0 Å². The van der Waals surface area contributed by atoms with Crippen molar-refractivity contribution in [3.8, 4) is 0 Å². The summed E-state index contributed by atoms with van der Waals surface area (Å²) in [6.45, 7) is 0.392. The van der Waals surface area contributed by atoms with Gasteiger partial charge in [-0.15, -0.1) is 0 Å². The highest BCUT2D eigenvalue weighted by molar-refractivity contribution is 7.89. The van der Waals surface area contributed by atoms with Gasteiger partial charge in [-0.1, -0.05) is 72.8 Å². The summed E-state index contributed by atoms with van der Waals surface area (Å²) in [6, 6.07) is 24.9. The zero-order valence-corrected chi connectivity index (χ0v) is 16.2. The number of nitrogens with two attached hydrogens (primary N) is 1. The molecule has 2 N–H and O–H groups in total. The summed E-state index contributed by atoms with van der Waals surface area (Å²) in [5, 5.41) is 0. The third kappa shape index (κ3) is 4.72. The van der Waals surface area contributed by atoms with Crippen LogP contribution in [-0.4, -0.2) is 25.1 Å². The zero-order valence-electron chi connectivity index (χ0n) is 15.4.